The van der Waals surface area contributed by atoms with Crippen molar-refractivity contribution in [1.29, 1.82) is 0 Å². The van der Waals surface area contributed by atoms with Crippen LogP contribution < -0.4 is 0 Å². The van der Waals surface area contributed by atoms with Gasteiger partial charge in [0.2, 0.25) is 0 Å². The third-order valence-corrected chi connectivity index (χ3v) is 5.28. The van der Waals surface area contributed by atoms with E-state index in [1.165, 1.54) is 32.1 Å². The van der Waals surface area contributed by atoms with Gasteiger partial charge in [0.15, 0.2) is 0 Å². The third kappa shape index (κ3) is 3.64. The topological polar surface area (TPSA) is 37.9 Å². The van der Waals surface area contributed by atoms with E-state index in [1.54, 1.807) is 0 Å². The summed E-state index contributed by atoms with van der Waals surface area (Å²) in [6.45, 7) is 4.75. The number of aromatic amines is 1. The molecule has 1 heterocycles. The van der Waals surface area contributed by atoms with Gasteiger partial charge in [-0.25, -0.2) is 4.98 Å². The lowest BCUT2D eigenvalue weighted by molar-refractivity contribution is -0.000383. The summed E-state index contributed by atoms with van der Waals surface area (Å²) in [5.41, 5.74) is 1.02. The molecule has 106 valence electrons. The van der Waals surface area contributed by atoms with E-state index in [4.69, 9.17) is 17.0 Å². The number of nitrogens with one attached hydrogen (secondary N) is 1. The lowest BCUT2D eigenvalue weighted by atomic mass is 9.85. The van der Waals surface area contributed by atoms with Gasteiger partial charge in [-0.05, 0) is 48.5 Å². The Morgan fingerprint density at radius 2 is 2.11 bits per heavy atom. The number of hydrogen-bond donors (Lipinski definition) is 1. The second-order valence-electron chi connectivity index (χ2n) is 5.14. The van der Waals surface area contributed by atoms with Crippen LogP contribution in [0.15, 0.2) is 4.47 Å². The number of aryl methyl sites for hydroxylation is 1. The quantitative estimate of drug-likeness (QED) is 0.792. The molecule has 1 unspecified atom stereocenters. The molecule has 0 amide bonds. The minimum Gasteiger partial charge on any atom is -0.370 e. The van der Waals surface area contributed by atoms with Gasteiger partial charge in [0, 0.05) is 12.3 Å². The zero-order valence-corrected chi connectivity index (χ0v) is 13.9. The number of H-pyrrole nitrogens is 1. The molecule has 0 radical (unpaired) electrons. The van der Waals surface area contributed by atoms with Crippen molar-refractivity contribution in [2.75, 3.05) is 6.61 Å². The predicted octanol–water partition coefficient (Wildman–Crippen LogP) is 4.87. The van der Waals surface area contributed by atoms with Crippen LogP contribution in [-0.4, -0.2) is 16.6 Å². The average Bonchev–Trinajstić information content (AvgIpc) is 2.42. The van der Waals surface area contributed by atoms with Gasteiger partial charge >= 0.3 is 0 Å². The van der Waals surface area contributed by atoms with Crippen LogP contribution in [0.25, 0.3) is 0 Å². The fourth-order valence-electron chi connectivity index (χ4n) is 2.78. The van der Waals surface area contributed by atoms with Gasteiger partial charge in [0.25, 0.3) is 0 Å². The largest absolute Gasteiger partial charge is 0.370 e. The van der Waals surface area contributed by atoms with Gasteiger partial charge in [-0.1, -0.05) is 31.5 Å². The molecule has 0 spiro atoms. The normalized spacial score (nSPS) is 18.5. The Morgan fingerprint density at radius 3 is 2.68 bits per heavy atom. The summed E-state index contributed by atoms with van der Waals surface area (Å²) < 4.78 is 7.46. The first-order valence-corrected chi connectivity index (χ1v) is 8.21. The van der Waals surface area contributed by atoms with Crippen molar-refractivity contribution < 1.29 is 4.74 Å². The molecule has 1 atom stereocenters. The Bertz CT molecular complexity index is 483. The van der Waals surface area contributed by atoms with E-state index in [9.17, 15) is 0 Å². The van der Waals surface area contributed by atoms with E-state index in [-0.39, 0.29) is 6.10 Å². The molecule has 1 fully saturated rings. The number of halogens is 1. The fraction of sp³-hybridized carbons (Fsp3) is 0.714. The lowest BCUT2D eigenvalue weighted by Crippen LogP contribution is -2.21. The fourth-order valence-corrected chi connectivity index (χ4v) is 3.22. The number of ether oxygens (including phenoxy) is 1. The molecule has 1 aromatic rings. The minimum absolute atomic E-state index is 0.0544. The van der Waals surface area contributed by atoms with Gasteiger partial charge in [0.05, 0.1) is 4.47 Å². The summed E-state index contributed by atoms with van der Waals surface area (Å²) in [4.78, 5) is 7.86. The van der Waals surface area contributed by atoms with Crippen molar-refractivity contribution in [3.63, 3.8) is 0 Å². The molecule has 0 aliphatic heterocycles. The number of rotatable bonds is 4. The lowest BCUT2D eigenvalue weighted by Gasteiger charge is -2.29. The van der Waals surface area contributed by atoms with Crippen molar-refractivity contribution in [2.24, 2.45) is 5.92 Å². The van der Waals surface area contributed by atoms with Crippen LogP contribution in [0.1, 0.15) is 56.7 Å². The van der Waals surface area contributed by atoms with Crippen LogP contribution >= 0.6 is 28.1 Å². The molecule has 0 bridgehead atoms. The molecule has 5 heteroatoms. The number of hydrogen-bond acceptors (Lipinski definition) is 3. The molecule has 0 aromatic carbocycles. The Balaban J connectivity index is 2.30. The highest BCUT2D eigenvalue weighted by Crippen LogP contribution is 2.36. The Labute approximate surface area is 128 Å². The zero-order valence-electron chi connectivity index (χ0n) is 11.5. The highest BCUT2D eigenvalue weighted by molar-refractivity contribution is 9.10. The number of aromatic nitrogens is 2. The predicted molar refractivity (Wildman–Crippen MR) is 82.8 cm³/mol. The first-order valence-electron chi connectivity index (χ1n) is 7.01. The van der Waals surface area contributed by atoms with E-state index in [0.717, 1.165) is 16.0 Å². The van der Waals surface area contributed by atoms with E-state index in [1.807, 2.05) is 13.8 Å². The molecule has 1 aromatic heterocycles. The van der Waals surface area contributed by atoms with E-state index in [0.29, 0.717) is 17.2 Å². The molecule has 1 aliphatic rings. The molecule has 0 saturated heterocycles. The Hall–Kier alpha value is -0.260. The van der Waals surface area contributed by atoms with Gasteiger partial charge in [0.1, 0.15) is 16.6 Å². The Morgan fingerprint density at radius 1 is 1.42 bits per heavy atom. The van der Waals surface area contributed by atoms with Crippen LogP contribution in [0, 0.1) is 17.5 Å². The molecular formula is C14H21BrN2OS. The first-order chi connectivity index (χ1) is 9.13. The van der Waals surface area contributed by atoms with Gasteiger partial charge in [-0.2, -0.15) is 0 Å². The van der Waals surface area contributed by atoms with E-state index in [2.05, 4.69) is 25.9 Å². The maximum atomic E-state index is 5.96. The van der Waals surface area contributed by atoms with Crippen molar-refractivity contribution in [3.05, 3.63) is 20.6 Å². The summed E-state index contributed by atoms with van der Waals surface area (Å²) in [6.07, 6.45) is 6.44. The van der Waals surface area contributed by atoms with Crippen LogP contribution in [0.4, 0.5) is 0 Å². The molecule has 1 N–H and O–H groups in total. The van der Waals surface area contributed by atoms with Crippen molar-refractivity contribution >= 4 is 28.1 Å². The van der Waals surface area contributed by atoms with E-state index >= 15 is 0 Å². The first kappa shape index (κ1) is 15.1. The van der Waals surface area contributed by atoms with Crippen LogP contribution in [0.3, 0.4) is 0 Å². The van der Waals surface area contributed by atoms with Crippen LogP contribution in [-0.2, 0) is 4.74 Å². The van der Waals surface area contributed by atoms with Crippen molar-refractivity contribution in [3.8, 4) is 0 Å². The van der Waals surface area contributed by atoms with E-state index < -0.39 is 0 Å². The summed E-state index contributed by atoms with van der Waals surface area (Å²) in [5.74, 6) is 1.45. The summed E-state index contributed by atoms with van der Waals surface area (Å²) in [7, 11) is 0. The van der Waals surface area contributed by atoms with Crippen molar-refractivity contribution in [2.45, 2.75) is 52.1 Å². The maximum absolute atomic E-state index is 5.96. The molecule has 19 heavy (non-hydrogen) atoms. The number of nitrogens with zero attached hydrogens (tertiary/aromatic N) is 1. The highest BCUT2D eigenvalue weighted by Gasteiger charge is 2.27. The second kappa shape index (κ2) is 6.95. The third-order valence-electron chi connectivity index (χ3n) is 3.75. The van der Waals surface area contributed by atoms with Gasteiger partial charge in [-0.15, -0.1) is 0 Å². The van der Waals surface area contributed by atoms with Crippen LogP contribution in [0.2, 0.25) is 0 Å². The molecule has 1 aliphatic carbocycles. The maximum Gasteiger partial charge on any atom is 0.144 e. The average molecular weight is 345 g/mol. The molecule has 1 saturated carbocycles. The minimum atomic E-state index is 0.0544. The highest BCUT2D eigenvalue weighted by atomic mass is 79.9. The van der Waals surface area contributed by atoms with Crippen molar-refractivity contribution in [1.82, 2.24) is 9.97 Å². The second-order valence-corrected chi connectivity index (χ2v) is 6.32. The molecule has 3 nitrogen and oxygen atoms in total. The monoisotopic (exact) mass is 344 g/mol. The SMILES string of the molecule is CCOC(c1nc(=S)c(Br)c(C)[nH]1)C1CCCCC1. The molecular weight excluding hydrogens is 324 g/mol. The molecule has 2 rings (SSSR count). The standard InChI is InChI=1S/C14H21BrN2OS/c1-3-18-12(10-7-5-4-6-8-10)13-16-9(2)11(15)14(19)17-13/h10,12H,3-8H2,1-2H3,(H,16,17,19). The summed E-state index contributed by atoms with van der Waals surface area (Å²) in [5, 5.41) is 0. The smallest absolute Gasteiger partial charge is 0.144 e. The zero-order chi connectivity index (χ0) is 13.8. The summed E-state index contributed by atoms with van der Waals surface area (Å²) >= 11 is 8.76. The Kier molecular flexibility index (Phi) is 5.54. The van der Waals surface area contributed by atoms with Crippen LogP contribution in [0.5, 0.6) is 0 Å². The summed E-state index contributed by atoms with van der Waals surface area (Å²) in [6, 6.07) is 0. The van der Waals surface area contributed by atoms with Gasteiger partial charge in [-0.3, -0.25) is 0 Å². The van der Waals surface area contributed by atoms with Gasteiger partial charge < -0.3 is 9.72 Å².